The normalized spacial score (nSPS) is 11.5. The molecule has 86 heavy (non-hydrogen) atoms. The van der Waals surface area contributed by atoms with Crippen LogP contribution in [0.25, 0.3) is 122 Å². The molecule has 0 bridgehead atoms. The van der Waals surface area contributed by atoms with Gasteiger partial charge in [-0.25, -0.2) is 0 Å². The van der Waals surface area contributed by atoms with Gasteiger partial charge >= 0.3 is 12.4 Å². The molecule has 0 saturated carbocycles. The van der Waals surface area contributed by atoms with Crippen molar-refractivity contribution in [2.45, 2.75) is 12.4 Å². The molecule has 2 heterocycles. The number of aromatic nitrogens is 2. The summed E-state index contributed by atoms with van der Waals surface area (Å²) in [6.45, 7) is 0. The van der Waals surface area contributed by atoms with Crippen LogP contribution in [-0.4, -0.2) is 9.13 Å². The van der Waals surface area contributed by atoms with Gasteiger partial charge in [0.15, 0.2) is 0 Å². The fourth-order valence-corrected chi connectivity index (χ4v) is 11.7. The summed E-state index contributed by atoms with van der Waals surface area (Å²) in [5.41, 5.74) is 8.09. The average molecular weight is 1130 g/mol. The van der Waals surface area contributed by atoms with Crippen molar-refractivity contribution in [1.29, 1.82) is 26.3 Å². The van der Waals surface area contributed by atoms with E-state index in [9.17, 15) is 26.3 Å². The predicted molar refractivity (Wildman–Crippen MR) is 321 cm³/mol. The summed E-state index contributed by atoms with van der Waals surface area (Å²) in [5.74, 6) is 0. The highest BCUT2D eigenvalue weighted by molar-refractivity contribution is 6.14. The minimum Gasteiger partial charge on any atom is -0.309 e. The van der Waals surface area contributed by atoms with E-state index < -0.39 is 29.0 Å². The number of nitriles is 5. The molecule has 2 aromatic heterocycles. The number of halogens is 6. The standard InChI is InChI=1S/C73H37F6N7/c74-72(75,76)63-2-1-3-64(73(77,78)79)71(63)56-25-31-65(85-66-27-21-52(48-13-4-43(38-80)5-14-48)33-59(66)60-34-53(22-28-67(60)85)49-15-6-44(39-81)7-16-49)58(37-56)57-26-12-47(42-84)32-70(57)86-68-29-23-54(50-17-8-45(40-82)9-18-50)35-61(68)62-36-55(24-30-69(62)86)51-19-10-46(41-83)11-20-51/h1-37H. The molecule has 7 nitrogen and oxygen atoms in total. The molecule has 0 amide bonds. The molecule has 0 aliphatic carbocycles. The maximum absolute atomic E-state index is 15.3. The zero-order valence-electron chi connectivity index (χ0n) is 44.8. The van der Waals surface area contributed by atoms with Crippen molar-refractivity contribution in [2.24, 2.45) is 0 Å². The predicted octanol–water partition coefficient (Wildman–Crippen LogP) is 19.3. The van der Waals surface area contributed by atoms with Gasteiger partial charge in [-0.1, -0.05) is 91.0 Å². The highest BCUT2D eigenvalue weighted by Gasteiger charge is 2.41. The molecule has 406 valence electrons. The van der Waals surface area contributed by atoms with E-state index in [4.69, 9.17) is 0 Å². The van der Waals surface area contributed by atoms with Gasteiger partial charge in [0, 0.05) is 38.2 Å². The summed E-state index contributed by atoms with van der Waals surface area (Å²) >= 11 is 0. The first-order chi connectivity index (χ1) is 41.6. The summed E-state index contributed by atoms with van der Waals surface area (Å²) in [7, 11) is 0. The van der Waals surface area contributed by atoms with Gasteiger partial charge in [-0.05, 0) is 184 Å². The number of hydrogen-bond donors (Lipinski definition) is 0. The van der Waals surface area contributed by atoms with Crippen molar-refractivity contribution in [1.82, 2.24) is 9.13 Å². The van der Waals surface area contributed by atoms with Crippen molar-refractivity contribution in [3.63, 3.8) is 0 Å². The summed E-state index contributed by atoms with van der Waals surface area (Å²) < 4.78 is 95.5. The van der Waals surface area contributed by atoms with Crippen LogP contribution in [0.1, 0.15) is 38.9 Å². The van der Waals surface area contributed by atoms with Gasteiger partial charge in [0.1, 0.15) is 0 Å². The Labute approximate surface area is 487 Å². The van der Waals surface area contributed by atoms with Crippen molar-refractivity contribution < 1.29 is 26.3 Å². The Kier molecular flexibility index (Phi) is 12.9. The summed E-state index contributed by atoms with van der Waals surface area (Å²) in [5, 5.41) is 52.2. The van der Waals surface area contributed by atoms with E-state index in [-0.39, 0.29) is 16.7 Å². The van der Waals surface area contributed by atoms with Crippen molar-refractivity contribution in [3.05, 3.63) is 263 Å². The van der Waals surface area contributed by atoms with Crippen LogP contribution in [0.4, 0.5) is 26.3 Å². The lowest BCUT2D eigenvalue weighted by molar-refractivity contribution is -0.142. The highest BCUT2D eigenvalue weighted by atomic mass is 19.4. The zero-order valence-corrected chi connectivity index (χ0v) is 44.8. The topological polar surface area (TPSA) is 129 Å². The van der Waals surface area contributed by atoms with Gasteiger partial charge in [-0.15, -0.1) is 0 Å². The first kappa shape index (κ1) is 53.4. The van der Waals surface area contributed by atoms with Gasteiger partial charge in [0.05, 0.1) is 103 Å². The fourth-order valence-electron chi connectivity index (χ4n) is 11.7. The number of nitrogens with zero attached hydrogens (tertiary/aromatic N) is 7. The van der Waals surface area contributed by atoms with Crippen LogP contribution in [0.3, 0.4) is 0 Å². The number of hydrogen-bond acceptors (Lipinski definition) is 5. The highest BCUT2D eigenvalue weighted by Crippen LogP contribution is 2.49. The fraction of sp³-hybridized carbons (Fsp3) is 0.0274. The molecule has 13 heteroatoms. The van der Waals surface area contributed by atoms with E-state index in [1.54, 1.807) is 72.8 Å². The van der Waals surface area contributed by atoms with Crippen molar-refractivity contribution in [3.8, 4) is 108 Å². The average Bonchev–Trinajstić information content (AvgIpc) is 1.78. The van der Waals surface area contributed by atoms with E-state index in [1.165, 1.54) is 12.1 Å². The Morgan fingerprint density at radius 1 is 0.267 bits per heavy atom. The Balaban J connectivity index is 1.13. The smallest absolute Gasteiger partial charge is 0.309 e. The Morgan fingerprint density at radius 3 is 0.895 bits per heavy atom. The maximum atomic E-state index is 15.3. The van der Waals surface area contributed by atoms with Crippen molar-refractivity contribution >= 4 is 43.6 Å². The van der Waals surface area contributed by atoms with Crippen LogP contribution < -0.4 is 0 Å². The minimum atomic E-state index is -5.21. The van der Waals surface area contributed by atoms with E-state index in [0.717, 1.165) is 72.1 Å². The summed E-state index contributed by atoms with van der Waals surface area (Å²) in [6.07, 6.45) is -10.4. The van der Waals surface area contributed by atoms with Crippen LogP contribution in [-0.2, 0) is 12.4 Å². The SMILES string of the molecule is N#Cc1ccc(-c2ccc3c(c2)c2cc(-c4ccc(C#N)cc4)ccc2n3-c2ccc(-c3c(C(F)(F)F)cccc3C(F)(F)F)cc2-c2ccc(C#N)cc2-n2c3ccc(-c4ccc(C#N)cc4)cc3c3cc(-c4ccc(C#N)cc4)ccc32)cc1. The number of fused-ring (bicyclic) bond motifs is 6. The lowest BCUT2D eigenvalue weighted by Gasteiger charge is -2.22. The number of rotatable bonds is 8. The molecule has 0 saturated heterocycles. The molecule has 13 rings (SSSR count). The maximum Gasteiger partial charge on any atom is 0.417 e. The van der Waals surface area contributed by atoms with Gasteiger partial charge in [0.25, 0.3) is 0 Å². The monoisotopic (exact) mass is 1130 g/mol. The molecule has 0 radical (unpaired) electrons. The number of benzene rings is 11. The third-order valence-electron chi connectivity index (χ3n) is 15.8. The molecular formula is C73H37F6N7. The van der Waals surface area contributed by atoms with Gasteiger partial charge < -0.3 is 9.13 Å². The van der Waals surface area contributed by atoms with Crippen LogP contribution in [0.5, 0.6) is 0 Å². The molecule has 0 spiro atoms. The minimum absolute atomic E-state index is 0.212. The third kappa shape index (κ3) is 9.27. The number of alkyl halides is 6. The summed E-state index contributed by atoms with van der Waals surface area (Å²) in [4.78, 5) is 0. The van der Waals surface area contributed by atoms with Gasteiger partial charge in [-0.2, -0.15) is 52.7 Å². The third-order valence-corrected chi connectivity index (χ3v) is 15.8. The van der Waals surface area contributed by atoms with E-state index >= 15 is 26.3 Å². The molecule has 0 aliphatic rings. The van der Waals surface area contributed by atoms with Crippen LogP contribution in [0.15, 0.2) is 224 Å². The quantitative estimate of drug-likeness (QED) is 0.140. The molecule has 0 N–H and O–H groups in total. The van der Waals surface area contributed by atoms with Gasteiger partial charge in [-0.3, -0.25) is 0 Å². The van der Waals surface area contributed by atoms with Crippen molar-refractivity contribution in [2.75, 3.05) is 0 Å². The molecule has 0 unspecified atom stereocenters. The van der Waals surface area contributed by atoms with E-state index in [1.807, 2.05) is 130 Å². The van der Waals surface area contributed by atoms with Crippen LogP contribution >= 0.6 is 0 Å². The van der Waals surface area contributed by atoms with E-state index in [0.29, 0.717) is 73.4 Å². The molecule has 11 aromatic carbocycles. The Bertz CT molecular complexity index is 4910. The van der Waals surface area contributed by atoms with Crippen LogP contribution in [0, 0.1) is 56.7 Å². The van der Waals surface area contributed by atoms with Crippen LogP contribution in [0.2, 0.25) is 0 Å². The lowest BCUT2D eigenvalue weighted by Crippen LogP contribution is -2.14. The molecule has 0 aliphatic heterocycles. The molecule has 13 aromatic rings. The summed E-state index contributed by atoms with van der Waals surface area (Å²) in [6, 6.07) is 73.9. The second-order valence-corrected chi connectivity index (χ2v) is 20.7. The Morgan fingerprint density at radius 2 is 0.570 bits per heavy atom. The Hall–Kier alpha value is -12.0. The molecule has 0 fully saturated rings. The molecule has 0 atom stereocenters. The second kappa shape index (κ2) is 20.8. The first-order valence-corrected chi connectivity index (χ1v) is 26.8. The van der Waals surface area contributed by atoms with E-state index in [2.05, 4.69) is 30.3 Å². The lowest BCUT2D eigenvalue weighted by atomic mass is 9.90. The molecular weight excluding hydrogens is 1090 g/mol. The van der Waals surface area contributed by atoms with Gasteiger partial charge in [0.2, 0.25) is 0 Å². The first-order valence-electron chi connectivity index (χ1n) is 26.8. The largest absolute Gasteiger partial charge is 0.417 e. The second-order valence-electron chi connectivity index (χ2n) is 20.7. The zero-order chi connectivity index (χ0) is 59.6.